The van der Waals surface area contributed by atoms with Gasteiger partial charge in [0.15, 0.2) is 5.96 Å². The van der Waals surface area contributed by atoms with Gasteiger partial charge in [-0.2, -0.15) is 0 Å². The van der Waals surface area contributed by atoms with Crippen LogP contribution in [0.2, 0.25) is 0 Å². The van der Waals surface area contributed by atoms with Gasteiger partial charge in [0.25, 0.3) is 0 Å². The number of hydrogen-bond donors (Lipinski definition) is 3. The van der Waals surface area contributed by atoms with Gasteiger partial charge in [0.05, 0.1) is 0 Å². The molecule has 1 amide bonds. The third-order valence-electron chi connectivity index (χ3n) is 2.88. The number of hydrogen-bond acceptors (Lipinski definition) is 3. The van der Waals surface area contributed by atoms with Gasteiger partial charge >= 0.3 is 0 Å². The highest BCUT2D eigenvalue weighted by atomic mass is 127. The summed E-state index contributed by atoms with van der Waals surface area (Å²) in [6.07, 6.45) is 4.27. The number of nitrogens with zero attached hydrogens (tertiary/aromatic N) is 1. The first-order valence-electron chi connectivity index (χ1n) is 7.65. The van der Waals surface area contributed by atoms with Crippen LogP contribution in [-0.4, -0.2) is 50.8 Å². The van der Waals surface area contributed by atoms with Gasteiger partial charge in [-0.05, 0) is 39.5 Å². The maximum Gasteiger partial charge on any atom is 0.242 e. The highest BCUT2D eigenvalue weighted by molar-refractivity contribution is 14.0. The number of carbonyl (C=O) groups is 1. The van der Waals surface area contributed by atoms with Crippen LogP contribution in [0, 0.1) is 0 Å². The quantitative estimate of drug-likeness (QED) is 0.219. The molecule has 0 aliphatic heterocycles. The van der Waals surface area contributed by atoms with Gasteiger partial charge in [-0.15, -0.1) is 24.0 Å². The van der Waals surface area contributed by atoms with E-state index in [0.29, 0.717) is 12.0 Å². The predicted octanol–water partition coefficient (Wildman–Crippen LogP) is 1.25. The Labute approximate surface area is 144 Å². The second kappa shape index (κ2) is 13.1. The standard InChI is InChI=1S/C14H28N4O2.HI/c1-3-15-14(16-9-5-6-10-20-4-2)17-11-13(19)18-12-7-8-12;/h12H,3-11H2,1-2H3,(H,18,19)(H2,15,16,17);1H. The van der Waals surface area contributed by atoms with Crippen LogP contribution in [-0.2, 0) is 9.53 Å². The van der Waals surface area contributed by atoms with Crippen molar-refractivity contribution in [1.82, 2.24) is 16.0 Å². The molecule has 1 fully saturated rings. The second-order valence-corrected chi connectivity index (χ2v) is 4.87. The van der Waals surface area contributed by atoms with Gasteiger partial charge in [-0.25, -0.2) is 4.99 Å². The van der Waals surface area contributed by atoms with Crippen molar-refractivity contribution in [3.63, 3.8) is 0 Å². The first-order valence-corrected chi connectivity index (χ1v) is 7.65. The molecule has 0 aromatic rings. The summed E-state index contributed by atoms with van der Waals surface area (Å²) in [5, 5.41) is 9.29. The summed E-state index contributed by atoms with van der Waals surface area (Å²) >= 11 is 0. The molecule has 0 atom stereocenters. The second-order valence-electron chi connectivity index (χ2n) is 4.87. The number of nitrogens with one attached hydrogen (secondary N) is 3. The summed E-state index contributed by atoms with van der Waals surface area (Å²) in [7, 11) is 0. The van der Waals surface area contributed by atoms with Crippen molar-refractivity contribution in [2.24, 2.45) is 4.99 Å². The molecule has 7 heteroatoms. The number of ether oxygens (including phenoxy) is 1. The Kier molecular flexibility index (Phi) is 12.8. The molecule has 0 aromatic heterocycles. The van der Waals surface area contributed by atoms with E-state index < -0.39 is 0 Å². The molecular weight excluding hydrogens is 383 g/mol. The fourth-order valence-electron chi connectivity index (χ4n) is 1.67. The SMILES string of the molecule is CCNC(=NCC(=O)NC1CC1)NCCCCOCC.I. The van der Waals surface area contributed by atoms with Crippen molar-refractivity contribution in [1.29, 1.82) is 0 Å². The third kappa shape index (κ3) is 11.7. The fraction of sp³-hybridized carbons (Fsp3) is 0.857. The molecule has 0 unspecified atom stereocenters. The highest BCUT2D eigenvalue weighted by Crippen LogP contribution is 2.18. The Balaban J connectivity index is 0.00000400. The predicted molar refractivity (Wildman–Crippen MR) is 96.3 cm³/mol. The lowest BCUT2D eigenvalue weighted by molar-refractivity contribution is -0.119. The van der Waals surface area contributed by atoms with Crippen LogP contribution < -0.4 is 16.0 Å². The lowest BCUT2D eigenvalue weighted by atomic mass is 10.3. The number of aliphatic imine (C=N–C) groups is 1. The van der Waals surface area contributed by atoms with E-state index in [-0.39, 0.29) is 36.4 Å². The van der Waals surface area contributed by atoms with E-state index in [0.717, 1.165) is 52.0 Å². The van der Waals surface area contributed by atoms with E-state index in [2.05, 4.69) is 20.9 Å². The first-order chi connectivity index (χ1) is 9.76. The van der Waals surface area contributed by atoms with Crippen LogP contribution in [0.1, 0.15) is 39.5 Å². The number of rotatable bonds is 10. The summed E-state index contributed by atoms with van der Waals surface area (Å²) in [6.45, 7) is 7.39. The minimum absolute atomic E-state index is 0. The van der Waals surface area contributed by atoms with Crippen LogP contribution in [0.3, 0.4) is 0 Å². The van der Waals surface area contributed by atoms with Crippen molar-refractivity contribution in [2.75, 3.05) is 32.8 Å². The molecule has 6 nitrogen and oxygen atoms in total. The van der Waals surface area contributed by atoms with Crippen LogP contribution in [0.5, 0.6) is 0 Å². The zero-order chi connectivity index (χ0) is 14.6. The third-order valence-corrected chi connectivity index (χ3v) is 2.88. The van der Waals surface area contributed by atoms with Crippen molar-refractivity contribution in [2.45, 2.75) is 45.6 Å². The number of halogens is 1. The maximum atomic E-state index is 11.6. The minimum atomic E-state index is 0. The van der Waals surface area contributed by atoms with Crippen molar-refractivity contribution in [3.05, 3.63) is 0 Å². The van der Waals surface area contributed by atoms with Crippen molar-refractivity contribution < 1.29 is 9.53 Å². The molecule has 0 heterocycles. The Morgan fingerprint density at radius 3 is 2.62 bits per heavy atom. The lowest BCUT2D eigenvalue weighted by Gasteiger charge is -2.11. The number of amides is 1. The van der Waals surface area contributed by atoms with E-state index in [1.165, 1.54) is 0 Å². The molecule has 1 aliphatic carbocycles. The average Bonchev–Trinajstić information content (AvgIpc) is 3.23. The van der Waals surface area contributed by atoms with Crippen LogP contribution in [0.4, 0.5) is 0 Å². The number of carbonyl (C=O) groups excluding carboxylic acids is 1. The molecule has 3 N–H and O–H groups in total. The highest BCUT2D eigenvalue weighted by Gasteiger charge is 2.22. The van der Waals surface area contributed by atoms with Gasteiger partial charge < -0.3 is 20.7 Å². The van der Waals surface area contributed by atoms with E-state index >= 15 is 0 Å². The average molecular weight is 412 g/mol. The molecule has 0 aromatic carbocycles. The smallest absolute Gasteiger partial charge is 0.242 e. The van der Waals surface area contributed by atoms with Gasteiger partial charge in [-0.1, -0.05) is 0 Å². The molecular formula is C14H29IN4O2. The summed E-state index contributed by atoms with van der Waals surface area (Å²) in [6, 6.07) is 0.395. The molecule has 1 saturated carbocycles. The zero-order valence-corrected chi connectivity index (χ0v) is 15.4. The first kappa shape index (κ1) is 20.4. The monoisotopic (exact) mass is 412 g/mol. The van der Waals surface area contributed by atoms with Crippen LogP contribution >= 0.6 is 24.0 Å². The molecule has 21 heavy (non-hydrogen) atoms. The molecule has 124 valence electrons. The number of guanidine groups is 1. The van der Waals surface area contributed by atoms with E-state index in [4.69, 9.17) is 4.74 Å². The molecule has 1 rings (SSSR count). The Bertz CT molecular complexity index is 309. The minimum Gasteiger partial charge on any atom is -0.382 e. The van der Waals surface area contributed by atoms with Gasteiger partial charge in [-0.3, -0.25) is 4.79 Å². The molecule has 0 spiro atoms. The summed E-state index contributed by atoms with van der Waals surface area (Å²) in [4.78, 5) is 15.8. The molecule has 0 bridgehead atoms. The summed E-state index contributed by atoms with van der Waals surface area (Å²) in [5.74, 6) is 0.705. The largest absolute Gasteiger partial charge is 0.382 e. The van der Waals surface area contributed by atoms with E-state index in [9.17, 15) is 4.79 Å². The molecule has 0 saturated heterocycles. The fourth-order valence-corrected chi connectivity index (χ4v) is 1.67. The van der Waals surface area contributed by atoms with Crippen LogP contribution in [0.25, 0.3) is 0 Å². The van der Waals surface area contributed by atoms with E-state index in [1.54, 1.807) is 0 Å². The normalized spacial score (nSPS) is 14.3. The Hall–Kier alpha value is -0.570. The van der Waals surface area contributed by atoms with Gasteiger partial charge in [0, 0.05) is 32.3 Å². The van der Waals surface area contributed by atoms with Crippen LogP contribution in [0.15, 0.2) is 4.99 Å². The lowest BCUT2D eigenvalue weighted by Crippen LogP contribution is -2.39. The van der Waals surface area contributed by atoms with Gasteiger partial charge in [0.1, 0.15) is 6.54 Å². The Morgan fingerprint density at radius 1 is 1.24 bits per heavy atom. The summed E-state index contributed by atoms with van der Waals surface area (Å²) < 4.78 is 5.28. The van der Waals surface area contributed by atoms with Crippen molar-refractivity contribution >= 4 is 35.8 Å². The number of unbranched alkanes of at least 4 members (excludes halogenated alkanes) is 1. The van der Waals surface area contributed by atoms with Gasteiger partial charge in [0.2, 0.25) is 5.91 Å². The molecule has 0 radical (unpaired) electrons. The Morgan fingerprint density at radius 2 is 2.00 bits per heavy atom. The molecule has 1 aliphatic rings. The zero-order valence-electron chi connectivity index (χ0n) is 13.1. The van der Waals surface area contributed by atoms with E-state index in [1.807, 2.05) is 13.8 Å². The van der Waals surface area contributed by atoms with Crippen molar-refractivity contribution in [3.8, 4) is 0 Å². The summed E-state index contributed by atoms with van der Waals surface area (Å²) in [5.41, 5.74) is 0. The topological polar surface area (TPSA) is 74.8 Å². The maximum absolute atomic E-state index is 11.6.